The van der Waals surface area contributed by atoms with Crippen LogP contribution in [0.5, 0.6) is 0 Å². The molecule has 19 heavy (non-hydrogen) atoms. The van der Waals surface area contributed by atoms with Crippen LogP contribution in [-0.2, 0) is 9.53 Å². The lowest BCUT2D eigenvalue weighted by Crippen LogP contribution is -2.36. The minimum Gasteiger partial charge on any atom is -0.465 e. The Bertz CT molecular complexity index is 488. The first-order valence-electron chi connectivity index (χ1n) is 6.07. The first-order chi connectivity index (χ1) is 9.12. The Hall–Kier alpha value is -2.35. The summed E-state index contributed by atoms with van der Waals surface area (Å²) in [6.45, 7) is 4.15. The summed E-state index contributed by atoms with van der Waals surface area (Å²) in [6.07, 6.45) is 0. The van der Waals surface area contributed by atoms with E-state index in [0.717, 1.165) is 0 Å². The predicted octanol–water partition coefficient (Wildman–Crippen LogP) is 1.58. The van der Waals surface area contributed by atoms with E-state index < -0.39 is 5.97 Å². The summed E-state index contributed by atoms with van der Waals surface area (Å²) in [6, 6.07) is 8.29. The third kappa shape index (κ3) is 4.11. The van der Waals surface area contributed by atoms with Crippen LogP contribution in [0.1, 0.15) is 29.8 Å². The highest BCUT2D eigenvalue weighted by molar-refractivity contribution is 5.96. The second-order valence-corrected chi connectivity index (χ2v) is 3.81. The van der Waals surface area contributed by atoms with E-state index in [2.05, 4.69) is 0 Å². The van der Waals surface area contributed by atoms with Crippen LogP contribution in [-0.4, -0.2) is 36.5 Å². The lowest BCUT2D eigenvalue weighted by molar-refractivity contribution is -0.143. The average molecular weight is 260 g/mol. The number of hydrogen-bond acceptors (Lipinski definition) is 4. The van der Waals surface area contributed by atoms with E-state index in [1.54, 1.807) is 38.1 Å². The Kier molecular flexibility index (Phi) is 5.55. The summed E-state index contributed by atoms with van der Waals surface area (Å²) < 4.78 is 4.82. The maximum atomic E-state index is 12.2. The van der Waals surface area contributed by atoms with Crippen LogP contribution in [0, 0.1) is 11.3 Å². The highest BCUT2D eigenvalue weighted by Gasteiger charge is 2.17. The molecule has 0 atom stereocenters. The number of amides is 1. The Morgan fingerprint density at radius 1 is 1.26 bits per heavy atom. The van der Waals surface area contributed by atoms with Gasteiger partial charge in [-0.1, -0.05) is 0 Å². The van der Waals surface area contributed by atoms with Crippen molar-refractivity contribution in [3.8, 4) is 6.07 Å². The average Bonchev–Trinajstić information content (AvgIpc) is 2.44. The van der Waals surface area contributed by atoms with Crippen molar-refractivity contribution in [1.82, 2.24) is 4.90 Å². The van der Waals surface area contributed by atoms with Crippen molar-refractivity contribution >= 4 is 11.9 Å². The molecular weight excluding hydrogens is 244 g/mol. The zero-order valence-corrected chi connectivity index (χ0v) is 11.0. The summed E-state index contributed by atoms with van der Waals surface area (Å²) in [4.78, 5) is 24.9. The van der Waals surface area contributed by atoms with Gasteiger partial charge >= 0.3 is 5.97 Å². The quantitative estimate of drug-likeness (QED) is 0.754. The molecule has 0 aromatic heterocycles. The Morgan fingerprint density at radius 2 is 1.89 bits per heavy atom. The highest BCUT2D eigenvalue weighted by atomic mass is 16.5. The van der Waals surface area contributed by atoms with Crippen molar-refractivity contribution in [2.75, 3.05) is 19.7 Å². The van der Waals surface area contributed by atoms with Crippen molar-refractivity contribution in [3.05, 3.63) is 35.4 Å². The van der Waals surface area contributed by atoms with E-state index in [4.69, 9.17) is 10.00 Å². The van der Waals surface area contributed by atoms with Crippen LogP contribution < -0.4 is 0 Å². The molecule has 0 fully saturated rings. The van der Waals surface area contributed by atoms with Crippen LogP contribution in [0.15, 0.2) is 24.3 Å². The number of hydrogen-bond donors (Lipinski definition) is 0. The molecule has 5 heteroatoms. The van der Waals surface area contributed by atoms with Crippen LogP contribution in [0.4, 0.5) is 0 Å². The first-order valence-corrected chi connectivity index (χ1v) is 6.07. The second-order valence-electron chi connectivity index (χ2n) is 3.81. The molecule has 0 saturated heterocycles. The third-order valence-electron chi connectivity index (χ3n) is 2.56. The molecule has 0 N–H and O–H groups in total. The van der Waals surface area contributed by atoms with Gasteiger partial charge < -0.3 is 9.64 Å². The molecular formula is C14H16N2O3. The standard InChI is InChI=1S/C14H16N2O3/c1-3-16(10-13(17)19-4-2)14(18)12-7-5-11(9-15)6-8-12/h5-8H,3-4,10H2,1-2H3. The molecule has 0 heterocycles. The zero-order valence-electron chi connectivity index (χ0n) is 11.0. The lowest BCUT2D eigenvalue weighted by atomic mass is 10.1. The fraction of sp³-hybridized carbons (Fsp3) is 0.357. The van der Waals surface area contributed by atoms with E-state index in [1.165, 1.54) is 4.90 Å². The van der Waals surface area contributed by atoms with Crippen molar-refractivity contribution in [3.63, 3.8) is 0 Å². The molecule has 0 aliphatic rings. The number of likely N-dealkylation sites (N-methyl/N-ethyl adjacent to an activating group) is 1. The molecule has 1 rings (SSSR count). The number of esters is 1. The normalized spacial score (nSPS) is 9.53. The number of nitriles is 1. The van der Waals surface area contributed by atoms with Crippen molar-refractivity contribution in [2.45, 2.75) is 13.8 Å². The maximum Gasteiger partial charge on any atom is 0.325 e. The summed E-state index contributed by atoms with van der Waals surface area (Å²) >= 11 is 0. The van der Waals surface area contributed by atoms with Gasteiger partial charge in [0.25, 0.3) is 5.91 Å². The van der Waals surface area contributed by atoms with E-state index >= 15 is 0 Å². The van der Waals surface area contributed by atoms with Gasteiger partial charge in [-0.2, -0.15) is 5.26 Å². The van der Waals surface area contributed by atoms with Gasteiger partial charge in [-0.25, -0.2) is 0 Å². The highest BCUT2D eigenvalue weighted by Crippen LogP contribution is 2.07. The lowest BCUT2D eigenvalue weighted by Gasteiger charge is -2.19. The van der Waals surface area contributed by atoms with Crippen molar-refractivity contribution < 1.29 is 14.3 Å². The molecule has 0 radical (unpaired) electrons. The molecule has 0 bridgehead atoms. The van der Waals surface area contributed by atoms with E-state index in [-0.39, 0.29) is 12.5 Å². The van der Waals surface area contributed by atoms with Gasteiger partial charge in [-0.3, -0.25) is 9.59 Å². The zero-order chi connectivity index (χ0) is 14.3. The van der Waals surface area contributed by atoms with E-state index in [9.17, 15) is 9.59 Å². The molecule has 0 saturated carbocycles. The second kappa shape index (κ2) is 7.17. The van der Waals surface area contributed by atoms with Gasteiger partial charge in [0, 0.05) is 12.1 Å². The predicted molar refractivity (Wildman–Crippen MR) is 69.4 cm³/mol. The van der Waals surface area contributed by atoms with Crippen LogP contribution in [0.25, 0.3) is 0 Å². The Balaban J connectivity index is 2.77. The summed E-state index contributed by atoms with van der Waals surface area (Å²) in [5.41, 5.74) is 0.940. The summed E-state index contributed by atoms with van der Waals surface area (Å²) in [5.74, 6) is -0.675. The molecule has 0 spiro atoms. The van der Waals surface area contributed by atoms with Crippen molar-refractivity contribution in [1.29, 1.82) is 5.26 Å². The number of carbonyl (C=O) groups excluding carboxylic acids is 2. The molecule has 0 unspecified atom stereocenters. The minimum atomic E-state index is -0.425. The monoisotopic (exact) mass is 260 g/mol. The number of carbonyl (C=O) groups is 2. The SMILES string of the molecule is CCOC(=O)CN(CC)C(=O)c1ccc(C#N)cc1. The largest absolute Gasteiger partial charge is 0.465 e. The fourth-order valence-electron chi connectivity index (χ4n) is 1.56. The summed E-state index contributed by atoms with van der Waals surface area (Å²) in [5, 5.41) is 8.69. The number of benzene rings is 1. The van der Waals surface area contributed by atoms with E-state index in [1.807, 2.05) is 6.07 Å². The number of ether oxygens (including phenoxy) is 1. The van der Waals surface area contributed by atoms with Gasteiger partial charge in [-0.05, 0) is 38.1 Å². The van der Waals surface area contributed by atoms with Crippen LogP contribution in [0.2, 0.25) is 0 Å². The first kappa shape index (κ1) is 14.7. The molecule has 0 aliphatic carbocycles. The maximum absolute atomic E-state index is 12.2. The van der Waals surface area contributed by atoms with E-state index in [0.29, 0.717) is 24.3 Å². The molecule has 100 valence electrons. The van der Waals surface area contributed by atoms with Gasteiger partial charge in [0.15, 0.2) is 0 Å². The number of rotatable bonds is 5. The fourth-order valence-corrected chi connectivity index (χ4v) is 1.56. The topological polar surface area (TPSA) is 70.4 Å². The van der Waals surface area contributed by atoms with Gasteiger partial charge in [0.2, 0.25) is 0 Å². The molecule has 1 aromatic rings. The Labute approximate surface area is 112 Å². The third-order valence-corrected chi connectivity index (χ3v) is 2.56. The van der Waals surface area contributed by atoms with Gasteiger partial charge in [0.05, 0.1) is 18.2 Å². The molecule has 5 nitrogen and oxygen atoms in total. The molecule has 1 aromatic carbocycles. The van der Waals surface area contributed by atoms with Gasteiger partial charge in [-0.15, -0.1) is 0 Å². The molecule has 0 aliphatic heterocycles. The Morgan fingerprint density at radius 3 is 2.37 bits per heavy atom. The minimum absolute atomic E-state index is 0.0663. The van der Waals surface area contributed by atoms with Crippen LogP contribution in [0.3, 0.4) is 0 Å². The van der Waals surface area contributed by atoms with Gasteiger partial charge in [0.1, 0.15) is 6.54 Å². The van der Waals surface area contributed by atoms with Crippen molar-refractivity contribution in [2.24, 2.45) is 0 Å². The van der Waals surface area contributed by atoms with Crippen LogP contribution >= 0.6 is 0 Å². The molecule has 1 amide bonds. The summed E-state index contributed by atoms with van der Waals surface area (Å²) in [7, 11) is 0. The smallest absolute Gasteiger partial charge is 0.325 e. The number of nitrogens with zero attached hydrogens (tertiary/aromatic N) is 2.